The Morgan fingerprint density at radius 2 is 2.46 bits per heavy atom. The fourth-order valence-corrected chi connectivity index (χ4v) is 1.33. The molecule has 0 unspecified atom stereocenters. The summed E-state index contributed by atoms with van der Waals surface area (Å²) in [4.78, 5) is 17.8. The molecule has 2 rings (SSSR count). The number of rotatable bonds is 3. The van der Waals surface area contributed by atoms with E-state index < -0.39 is 0 Å². The van der Waals surface area contributed by atoms with Crippen molar-refractivity contribution in [1.29, 1.82) is 0 Å². The number of nitrogens with one attached hydrogen (secondary N) is 2. The third kappa shape index (κ3) is 1.96. The fourth-order valence-electron chi connectivity index (χ4n) is 1.33. The number of hydrogen-bond donors (Lipinski definition) is 2. The molecule has 1 aromatic heterocycles. The van der Waals surface area contributed by atoms with Gasteiger partial charge in [-0.3, -0.25) is 4.79 Å². The van der Waals surface area contributed by atoms with Crippen LogP contribution in [-0.2, 0) is 11.3 Å². The highest BCUT2D eigenvalue weighted by Crippen LogP contribution is 2.11. The van der Waals surface area contributed by atoms with E-state index in [0.29, 0.717) is 13.0 Å². The van der Waals surface area contributed by atoms with Crippen LogP contribution >= 0.6 is 0 Å². The van der Waals surface area contributed by atoms with Crippen molar-refractivity contribution in [2.24, 2.45) is 0 Å². The maximum Gasteiger partial charge on any atom is 0.157 e. The normalized spacial score (nSPS) is 16.0. The lowest BCUT2D eigenvalue weighted by Crippen LogP contribution is -2.11. The van der Waals surface area contributed by atoms with Crippen LogP contribution in [0, 0.1) is 0 Å². The predicted molar refractivity (Wildman–Crippen MR) is 47.8 cm³/mol. The summed E-state index contributed by atoms with van der Waals surface area (Å²) in [6.07, 6.45) is 6.57. The zero-order valence-corrected chi connectivity index (χ0v) is 7.21. The summed E-state index contributed by atoms with van der Waals surface area (Å²) in [7, 11) is 0. The first-order valence-electron chi connectivity index (χ1n) is 4.29. The molecular formula is C9H11N3O. The predicted octanol–water partition coefficient (Wildman–Crippen LogP) is 0.746. The zero-order chi connectivity index (χ0) is 9.10. The zero-order valence-electron chi connectivity index (χ0n) is 7.21. The Kier molecular flexibility index (Phi) is 2.12. The van der Waals surface area contributed by atoms with Gasteiger partial charge in [-0.1, -0.05) is 0 Å². The number of hydrogen-bond acceptors (Lipinski definition) is 3. The van der Waals surface area contributed by atoms with Crippen LogP contribution < -0.4 is 5.32 Å². The molecule has 0 bridgehead atoms. The van der Waals surface area contributed by atoms with Gasteiger partial charge in [0.1, 0.15) is 0 Å². The summed E-state index contributed by atoms with van der Waals surface area (Å²) in [6, 6.07) is 0. The van der Waals surface area contributed by atoms with E-state index in [0.717, 1.165) is 17.8 Å². The number of allylic oxidation sites excluding steroid dienone is 2. The van der Waals surface area contributed by atoms with E-state index in [-0.39, 0.29) is 5.78 Å². The van der Waals surface area contributed by atoms with Crippen molar-refractivity contribution in [3.05, 3.63) is 30.0 Å². The minimum atomic E-state index is 0.215. The van der Waals surface area contributed by atoms with E-state index in [1.54, 1.807) is 18.6 Å². The molecule has 1 aliphatic rings. The molecule has 0 atom stereocenters. The van der Waals surface area contributed by atoms with Crippen molar-refractivity contribution in [2.45, 2.75) is 19.4 Å². The summed E-state index contributed by atoms with van der Waals surface area (Å²) < 4.78 is 0. The summed E-state index contributed by atoms with van der Waals surface area (Å²) in [5.41, 5.74) is 2.06. The molecule has 0 saturated heterocycles. The molecule has 0 aliphatic heterocycles. The van der Waals surface area contributed by atoms with Crippen LogP contribution in [-0.4, -0.2) is 15.8 Å². The van der Waals surface area contributed by atoms with E-state index >= 15 is 0 Å². The van der Waals surface area contributed by atoms with Gasteiger partial charge in [0.2, 0.25) is 0 Å². The summed E-state index contributed by atoms with van der Waals surface area (Å²) in [6.45, 7) is 0.707. The van der Waals surface area contributed by atoms with Gasteiger partial charge in [0.05, 0.1) is 18.6 Å². The van der Waals surface area contributed by atoms with Gasteiger partial charge in [-0.15, -0.1) is 0 Å². The first-order chi connectivity index (χ1) is 6.34. The monoisotopic (exact) mass is 177 g/mol. The molecular weight excluding hydrogens is 166 g/mol. The van der Waals surface area contributed by atoms with Crippen molar-refractivity contribution >= 4 is 5.78 Å². The minimum absolute atomic E-state index is 0.215. The van der Waals surface area contributed by atoms with Crippen LogP contribution in [0.1, 0.15) is 18.5 Å². The van der Waals surface area contributed by atoms with Crippen LogP contribution in [0.4, 0.5) is 0 Å². The lowest BCUT2D eigenvalue weighted by Gasteiger charge is -2.03. The number of carbonyl (C=O) groups excluding carboxylic acids is 1. The van der Waals surface area contributed by atoms with Gasteiger partial charge in [-0.25, -0.2) is 4.98 Å². The average Bonchev–Trinajstić information content (AvgIpc) is 2.71. The fraction of sp³-hybridized carbons (Fsp3) is 0.333. The molecule has 0 spiro atoms. The van der Waals surface area contributed by atoms with Gasteiger partial charge in [-0.2, -0.15) is 0 Å². The van der Waals surface area contributed by atoms with Crippen LogP contribution in [0.15, 0.2) is 24.3 Å². The molecule has 1 heterocycles. The SMILES string of the molecule is O=C1C=C(NCc2cnc[nH]2)CC1. The van der Waals surface area contributed by atoms with Crippen LogP contribution in [0.3, 0.4) is 0 Å². The molecule has 0 fully saturated rings. The highest BCUT2D eigenvalue weighted by Gasteiger charge is 2.10. The molecule has 4 nitrogen and oxygen atoms in total. The van der Waals surface area contributed by atoms with Crippen LogP contribution in [0.2, 0.25) is 0 Å². The second-order valence-corrected chi connectivity index (χ2v) is 3.07. The number of H-pyrrole nitrogens is 1. The third-order valence-electron chi connectivity index (χ3n) is 2.04. The van der Waals surface area contributed by atoms with E-state index in [4.69, 9.17) is 0 Å². The van der Waals surface area contributed by atoms with E-state index in [9.17, 15) is 4.79 Å². The van der Waals surface area contributed by atoms with Crippen LogP contribution in [0.5, 0.6) is 0 Å². The average molecular weight is 177 g/mol. The Morgan fingerprint density at radius 1 is 1.54 bits per heavy atom. The molecule has 0 aromatic carbocycles. The highest BCUT2D eigenvalue weighted by atomic mass is 16.1. The molecule has 0 radical (unpaired) electrons. The highest BCUT2D eigenvalue weighted by molar-refractivity contribution is 5.92. The number of imidazole rings is 1. The van der Waals surface area contributed by atoms with E-state index in [1.165, 1.54) is 0 Å². The molecule has 0 saturated carbocycles. The maximum atomic E-state index is 10.9. The lowest BCUT2D eigenvalue weighted by atomic mass is 10.3. The summed E-state index contributed by atoms with van der Waals surface area (Å²) >= 11 is 0. The van der Waals surface area contributed by atoms with Gasteiger partial charge < -0.3 is 10.3 Å². The largest absolute Gasteiger partial charge is 0.383 e. The van der Waals surface area contributed by atoms with E-state index in [1.807, 2.05) is 0 Å². The van der Waals surface area contributed by atoms with Gasteiger partial charge in [-0.05, 0) is 6.42 Å². The first kappa shape index (κ1) is 8.04. The van der Waals surface area contributed by atoms with Crippen LogP contribution in [0.25, 0.3) is 0 Å². The van der Waals surface area contributed by atoms with Crippen molar-refractivity contribution < 1.29 is 4.79 Å². The molecule has 0 amide bonds. The van der Waals surface area contributed by atoms with Crippen molar-refractivity contribution in [1.82, 2.24) is 15.3 Å². The smallest absolute Gasteiger partial charge is 0.157 e. The molecule has 1 aliphatic carbocycles. The number of aromatic amines is 1. The summed E-state index contributed by atoms with van der Waals surface area (Å²) in [5, 5.41) is 3.18. The quantitative estimate of drug-likeness (QED) is 0.716. The Morgan fingerprint density at radius 3 is 3.08 bits per heavy atom. The number of nitrogens with zero attached hydrogens (tertiary/aromatic N) is 1. The number of aromatic nitrogens is 2. The Hall–Kier alpha value is -1.58. The lowest BCUT2D eigenvalue weighted by molar-refractivity contribution is -0.114. The van der Waals surface area contributed by atoms with Gasteiger partial charge in [0.25, 0.3) is 0 Å². The number of ketones is 1. The van der Waals surface area contributed by atoms with Gasteiger partial charge >= 0.3 is 0 Å². The van der Waals surface area contributed by atoms with Gasteiger partial charge in [0, 0.05) is 24.4 Å². The second-order valence-electron chi connectivity index (χ2n) is 3.07. The second kappa shape index (κ2) is 3.43. The molecule has 2 N–H and O–H groups in total. The molecule has 4 heteroatoms. The van der Waals surface area contributed by atoms with Gasteiger partial charge in [0.15, 0.2) is 5.78 Å². The van der Waals surface area contributed by atoms with Crippen molar-refractivity contribution in [2.75, 3.05) is 0 Å². The topological polar surface area (TPSA) is 57.8 Å². The standard InChI is InChI=1S/C9H11N3O/c13-9-2-1-7(3-9)11-5-8-4-10-6-12-8/h3-4,6,11H,1-2,5H2,(H,10,12). The molecule has 13 heavy (non-hydrogen) atoms. The van der Waals surface area contributed by atoms with Crippen molar-refractivity contribution in [3.8, 4) is 0 Å². The van der Waals surface area contributed by atoms with E-state index in [2.05, 4.69) is 15.3 Å². The summed E-state index contributed by atoms with van der Waals surface area (Å²) in [5.74, 6) is 0.215. The Balaban J connectivity index is 1.87. The Labute approximate surface area is 76.1 Å². The Bertz CT molecular complexity index is 327. The third-order valence-corrected chi connectivity index (χ3v) is 2.04. The van der Waals surface area contributed by atoms with Crippen molar-refractivity contribution in [3.63, 3.8) is 0 Å². The minimum Gasteiger partial charge on any atom is -0.383 e. The first-order valence-corrected chi connectivity index (χ1v) is 4.29. The number of carbonyl (C=O) groups is 1. The molecule has 1 aromatic rings. The molecule has 68 valence electrons. The maximum absolute atomic E-state index is 10.9.